The van der Waals surface area contributed by atoms with Gasteiger partial charge in [0.05, 0.1) is 0 Å². The Morgan fingerprint density at radius 1 is 0.882 bits per heavy atom. The molecule has 0 saturated heterocycles. The summed E-state index contributed by atoms with van der Waals surface area (Å²) >= 11 is 0. The van der Waals surface area contributed by atoms with E-state index in [-0.39, 0.29) is 0 Å². The highest BCUT2D eigenvalue weighted by Gasteiger charge is 2.35. The standard InChI is InChI=1S/C14H27NO2/c1-15-14(13(16)17)11-9-7-5-3-2-4-6-8-10-12-14/h15H,2-12H2,1H3,(H,16,17). The average Bonchev–Trinajstić information content (AvgIpc) is 2.30. The SMILES string of the molecule is CNC1(C(=O)O)CCCCCCCCCCC1. The lowest BCUT2D eigenvalue weighted by Gasteiger charge is -2.29. The number of carboxylic acid groups (broad SMARTS) is 1. The van der Waals surface area contributed by atoms with Crippen LogP contribution in [0.1, 0.15) is 70.6 Å². The quantitative estimate of drug-likeness (QED) is 0.779. The zero-order chi connectivity index (χ0) is 12.6. The van der Waals surface area contributed by atoms with Crippen molar-refractivity contribution < 1.29 is 9.90 Å². The zero-order valence-corrected chi connectivity index (χ0v) is 11.1. The molecule has 17 heavy (non-hydrogen) atoms. The second kappa shape index (κ2) is 7.70. The summed E-state index contributed by atoms with van der Waals surface area (Å²) in [6.45, 7) is 0. The van der Waals surface area contributed by atoms with Crippen LogP contribution in [-0.4, -0.2) is 23.7 Å². The predicted octanol–water partition coefficient (Wildman–Crippen LogP) is 3.33. The van der Waals surface area contributed by atoms with E-state index < -0.39 is 11.5 Å². The fraction of sp³-hybridized carbons (Fsp3) is 0.929. The third-order valence-electron chi connectivity index (χ3n) is 4.10. The third-order valence-corrected chi connectivity index (χ3v) is 4.10. The van der Waals surface area contributed by atoms with Crippen molar-refractivity contribution in [2.24, 2.45) is 0 Å². The number of rotatable bonds is 2. The molecule has 1 aliphatic carbocycles. The fourth-order valence-electron chi connectivity index (χ4n) is 2.79. The van der Waals surface area contributed by atoms with Crippen molar-refractivity contribution in [3.63, 3.8) is 0 Å². The van der Waals surface area contributed by atoms with E-state index in [4.69, 9.17) is 0 Å². The number of nitrogens with one attached hydrogen (secondary N) is 1. The van der Waals surface area contributed by atoms with E-state index >= 15 is 0 Å². The maximum absolute atomic E-state index is 11.5. The lowest BCUT2D eigenvalue weighted by molar-refractivity contribution is -0.145. The number of likely N-dealkylation sites (N-methyl/N-ethyl adjacent to an activating group) is 1. The highest BCUT2D eigenvalue weighted by molar-refractivity contribution is 5.78. The topological polar surface area (TPSA) is 49.3 Å². The van der Waals surface area contributed by atoms with Crippen molar-refractivity contribution in [1.82, 2.24) is 5.32 Å². The molecule has 0 atom stereocenters. The van der Waals surface area contributed by atoms with Crippen molar-refractivity contribution in [1.29, 1.82) is 0 Å². The lowest BCUT2D eigenvalue weighted by Crippen LogP contribution is -2.50. The summed E-state index contributed by atoms with van der Waals surface area (Å²) < 4.78 is 0. The molecule has 1 saturated carbocycles. The molecule has 0 unspecified atom stereocenters. The number of carboxylic acids is 1. The molecule has 0 aromatic carbocycles. The largest absolute Gasteiger partial charge is 0.480 e. The minimum atomic E-state index is -0.669. The van der Waals surface area contributed by atoms with E-state index in [0.717, 1.165) is 25.7 Å². The predicted molar refractivity (Wildman–Crippen MR) is 70.2 cm³/mol. The molecule has 1 rings (SSSR count). The second-order valence-electron chi connectivity index (χ2n) is 5.32. The molecule has 0 bridgehead atoms. The summed E-state index contributed by atoms with van der Waals surface area (Å²) in [6.07, 6.45) is 12.5. The molecule has 0 aromatic heterocycles. The Bertz CT molecular complexity index is 216. The Labute approximate surface area is 105 Å². The Morgan fingerprint density at radius 3 is 1.53 bits per heavy atom. The fourth-order valence-corrected chi connectivity index (χ4v) is 2.79. The lowest BCUT2D eigenvalue weighted by atomic mass is 9.86. The summed E-state index contributed by atoms with van der Waals surface area (Å²) in [5.74, 6) is -0.669. The minimum absolute atomic E-state index is 0.667. The first-order valence-corrected chi connectivity index (χ1v) is 7.13. The van der Waals surface area contributed by atoms with Crippen LogP contribution >= 0.6 is 0 Å². The first-order valence-electron chi connectivity index (χ1n) is 7.13. The molecule has 0 amide bonds. The van der Waals surface area contributed by atoms with E-state index in [1.54, 1.807) is 7.05 Å². The number of aliphatic carboxylic acids is 1. The van der Waals surface area contributed by atoms with Crippen LogP contribution in [0.4, 0.5) is 0 Å². The van der Waals surface area contributed by atoms with Gasteiger partial charge in [-0.3, -0.25) is 4.79 Å². The average molecular weight is 241 g/mol. The van der Waals surface area contributed by atoms with E-state index in [9.17, 15) is 9.90 Å². The molecule has 3 heteroatoms. The maximum atomic E-state index is 11.5. The van der Waals surface area contributed by atoms with Crippen molar-refractivity contribution in [2.75, 3.05) is 7.05 Å². The molecular formula is C14H27NO2. The summed E-state index contributed by atoms with van der Waals surface area (Å²) in [7, 11) is 1.79. The molecule has 3 nitrogen and oxygen atoms in total. The van der Waals surface area contributed by atoms with Crippen molar-refractivity contribution in [2.45, 2.75) is 76.2 Å². The molecular weight excluding hydrogens is 214 g/mol. The first kappa shape index (κ1) is 14.5. The van der Waals surface area contributed by atoms with Crippen LogP contribution in [0, 0.1) is 0 Å². The first-order chi connectivity index (χ1) is 8.21. The highest BCUT2D eigenvalue weighted by Crippen LogP contribution is 2.24. The second-order valence-corrected chi connectivity index (χ2v) is 5.32. The maximum Gasteiger partial charge on any atom is 0.323 e. The molecule has 2 N–H and O–H groups in total. The van der Waals surface area contributed by atoms with Crippen LogP contribution in [0.25, 0.3) is 0 Å². The van der Waals surface area contributed by atoms with Crippen LogP contribution in [0.15, 0.2) is 0 Å². The molecule has 0 spiro atoms. The van der Waals surface area contributed by atoms with E-state index in [1.165, 1.54) is 44.9 Å². The van der Waals surface area contributed by atoms with E-state index in [0.29, 0.717) is 0 Å². The smallest absolute Gasteiger partial charge is 0.323 e. The van der Waals surface area contributed by atoms with Crippen LogP contribution in [-0.2, 0) is 4.79 Å². The summed E-state index contributed by atoms with van der Waals surface area (Å²) in [6, 6.07) is 0. The van der Waals surface area contributed by atoms with Gasteiger partial charge in [0.1, 0.15) is 5.54 Å². The minimum Gasteiger partial charge on any atom is -0.480 e. The van der Waals surface area contributed by atoms with Gasteiger partial charge in [-0.25, -0.2) is 0 Å². The Morgan fingerprint density at radius 2 is 1.24 bits per heavy atom. The van der Waals surface area contributed by atoms with Gasteiger partial charge >= 0.3 is 5.97 Å². The van der Waals surface area contributed by atoms with Gasteiger partial charge in [0.2, 0.25) is 0 Å². The molecule has 0 aliphatic heterocycles. The van der Waals surface area contributed by atoms with Gasteiger partial charge in [-0.1, -0.05) is 57.8 Å². The van der Waals surface area contributed by atoms with Crippen LogP contribution in [0.3, 0.4) is 0 Å². The molecule has 0 radical (unpaired) electrons. The summed E-state index contributed by atoms with van der Waals surface area (Å²) in [5, 5.41) is 12.5. The van der Waals surface area contributed by atoms with Crippen molar-refractivity contribution >= 4 is 5.97 Å². The van der Waals surface area contributed by atoms with Crippen LogP contribution < -0.4 is 5.32 Å². The molecule has 100 valence electrons. The summed E-state index contributed by atoms with van der Waals surface area (Å²) in [5.41, 5.74) is -0.667. The number of carbonyl (C=O) groups is 1. The summed E-state index contributed by atoms with van der Waals surface area (Å²) in [4.78, 5) is 11.5. The highest BCUT2D eigenvalue weighted by atomic mass is 16.4. The van der Waals surface area contributed by atoms with Gasteiger partial charge in [0, 0.05) is 0 Å². The van der Waals surface area contributed by atoms with Gasteiger partial charge in [0.25, 0.3) is 0 Å². The van der Waals surface area contributed by atoms with Gasteiger partial charge in [-0.2, -0.15) is 0 Å². The molecule has 0 heterocycles. The normalized spacial score (nSPS) is 23.4. The number of hydrogen-bond donors (Lipinski definition) is 2. The van der Waals surface area contributed by atoms with Crippen LogP contribution in [0.2, 0.25) is 0 Å². The van der Waals surface area contributed by atoms with Gasteiger partial charge in [-0.05, 0) is 19.9 Å². The van der Waals surface area contributed by atoms with Crippen molar-refractivity contribution in [3.8, 4) is 0 Å². The van der Waals surface area contributed by atoms with E-state index in [1.807, 2.05) is 0 Å². The zero-order valence-electron chi connectivity index (χ0n) is 11.1. The molecule has 1 fully saturated rings. The van der Waals surface area contributed by atoms with Gasteiger partial charge in [0.15, 0.2) is 0 Å². The molecule has 0 aromatic rings. The number of hydrogen-bond acceptors (Lipinski definition) is 2. The van der Waals surface area contributed by atoms with Gasteiger partial charge in [-0.15, -0.1) is 0 Å². The third kappa shape index (κ3) is 4.66. The van der Waals surface area contributed by atoms with Crippen molar-refractivity contribution in [3.05, 3.63) is 0 Å². The van der Waals surface area contributed by atoms with Crippen LogP contribution in [0.5, 0.6) is 0 Å². The molecule has 1 aliphatic rings. The Kier molecular flexibility index (Phi) is 6.56. The van der Waals surface area contributed by atoms with Gasteiger partial charge < -0.3 is 10.4 Å². The van der Waals surface area contributed by atoms with E-state index in [2.05, 4.69) is 5.32 Å². The monoisotopic (exact) mass is 241 g/mol. The Hall–Kier alpha value is -0.570. The Balaban J connectivity index is 2.55.